The van der Waals surface area contributed by atoms with Gasteiger partial charge in [0.15, 0.2) is 6.29 Å². The molecular weight excluding hydrogens is 232 g/mol. The Labute approximate surface area is 82.9 Å². The van der Waals surface area contributed by atoms with Gasteiger partial charge < -0.3 is 0 Å². The summed E-state index contributed by atoms with van der Waals surface area (Å²) in [6, 6.07) is 1.78. The molecule has 4 heteroatoms. The van der Waals surface area contributed by atoms with Crippen LogP contribution in [-0.4, -0.2) is 16.3 Å². The molecule has 0 unspecified atom stereocenters. The number of hydrogen-bond donors (Lipinski definition) is 0. The first-order chi connectivity index (χ1) is 6.31. The van der Waals surface area contributed by atoms with E-state index in [1.165, 1.54) is 6.20 Å². The second-order valence-electron chi connectivity index (χ2n) is 2.57. The monoisotopic (exact) mass is 236 g/mol. The zero-order valence-electron chi connectivity index (χ0n) is 6.57. The van der Waals surface area contributed by atoms with Crippen LogP contribution in [0.15, 0.2) is 29.1 Å². The molecule has 0 aliphatic carbocycles. The summed E-state index contributed by atoms with van der Waals surface area (Å²) in [5.74, 6) is 0. The first-order valence-electron chi connectivity index (χ1n) is 3.65. The highest BCUT2D eigenvalue weighted by Gasteiger charge is 2.00. The number of rotatable bonds is 1. The maximum atomic E-state index is 10.5. The van der Waals surface area contributed by atoms with Crippen molar-refractivity contribution in [3.63, 3.8) is 0 Å². The highest BCUT2D eigenvalue weighted by atomic mass is 79.9. The maximum absolute atomic E-state index is 10.5. The lowest BCUT2D eigenvalue weighted by Crippen LogP contribution is -1.86. The molecular formula is C9H5BrN2O. The number of nitrogens with zero attached hydrogens (tertiary/aromatic N) is 2. The highest BCUT2D eigenvalue weighted by molar-refractivity contribution is 9.10. The standard InChI is InChI=1S/C9H5BrN2O/c10-8-3-11-4-9-7(8)1-6(5-13)2-12-9/h1-5H. The predicted octanol–water partition coefficient (Wildman–Crippen LogP) is 2.20. The molecule has 0 aliphatic heterocycles. The molecule has 0 amide bonds. The fourth-order valence-electron chi connectivity index (χ4n) is 1.09. The van der Waals surface area contributed by atoms with Crippen molar-refractivity contribution in [1.29, 1.82) is 0 Å². The number of aromatic nitrogens is 2. The third-order valence-corrected chi connectivity index (χ3v) is 2.35. The van der Waals surface area contributed by atoms with Gasteiger partial charge in [-0.1, -0.05) is 0 Å². The molecule has 2 heterocycles. The molecule has 0 aromatic carbocycles. The van der Waals surface area contributed by atoms with Gasteiger partial charge in [0.1, 0.15) is 0 Å². The van der Waals surface area contributed by atoms with Gasteiger partial charge in [0, 0.05) is 27.8 Å². The van der Waals surface area contributed by atoms with Crippen LogP contribution in [0.1, 0.15) is 10.4 Å². The summed E-state index contributed by atoms with van der Waals surface area (Å²) in [6.45, 7) is 0. The van der Waals surface area contributed by atoms with E-state index in [1.807, 2.05) is 0 Å². The fourth-order valence-corrected chi connectivity index (χ4v) is 1.53. The van der Waals surface area contributed by atoms with Crippen molar-refractivity contribution in [1.82, 2.24) is 9.97 Å². The first kappa shape index (κ1) is 8.31. The minimum absolute atomic E-state index is 0.569. The minimum atomic E-state index is 0.569. The van der Waals surface area contributed by atoms with E-state index in [9.17, 15) is 4.79 Å². The van der Waals surface area contributed by atoms with E-state index >= 15 is 0 Å². The molecule has 0 atom stereocenters. The van der Waals surface area contributed by atoms with Crippen LogP contribution in [0.4, 0.5) is 0 Å². The molecule has 0 saturated heterocycles. The van der Waals surface area contributed by atoms with E-state index in [-0.39, 0.29) is 0 Å². The van der Waals surface area contributed by atoms with Gasteiger partial charge in [-0.25, -0.2) is 0 Å². The van der Waals surface area contributed by atoms with Crippen LogP contribution in [0, 0.1) is 0 Å². The summed E-state index contributed by atoms with van der Waals surface area (Å²) < 4.78 is 0.848. The van der Waals surface area contributed by atoms with Crippen molar-refractivity contribution in [2.45, 2.75) is 0 Å². The predicted molar refractivity (Wildman–Crippen MR) is 52.6 cm³/mol. The van der Waals surface area contributed by atoms with Crippen LogP contribution < -0.4 is 0 Å². The van der Waals surface area contributed by atoms with Gasteiger partial charge in [-0.05, 0) is 22.0 Å². The number of carbonyl (C=O) groups excluding carboxylic acids is 1. The van der Waals surface area contributed by atoms with Crippen molar-refractivity contribution < 1.29 is 4.79 Å². The van der Waals surface area contributed by atoms with E-state index in [2.05, 4.69) is 25.9 Å². The summed E-state index contributed by atoms with van der Waals surface area (Å²) in [5.41, 5.74) is 1.35. The Hall–Kier alpha value is -1.29. The van der Waals surface area contributed by atoms with Gasteiger partial charge in [-0.15, -0.1) is 0 Å². The van der Waals surface area contributed by atoms with Crippen LogP contribution in [0.5, 0.6) is 0 Å². The zero-order chi connectivity index (χ0) is 9.26. The molecule has 13 heavy (non-hydrogen) atoms. The van der Waals surface area contributed by atoms with Crippen molar-refractivity contribution in [2.24, 2.45) is 0 Å². The minimum Gasteiger partial charge on any atom is -0.298 e. The van der Waals surface area contributed by atoms with Crippen molar-refractivity contribution >= 4 is 33.1 Å². The number of pyridine rings is 2. The molecule has 2 rings (SSSR count). The molecule has 3 nitrogen and oxygen atoms in total. The van der Waals surface area contributed by atoms with E-state index in [4.69, 9.17) is 0 Å². The van der Waals surface area contributed by atoms with Gasteiger partial charge >= 0.3 is 0 Å². The quantitative estimate of drug-likeness (QED) is 0.714. The van der Waals surface area contributed by atoms with Gasteiger partial charge in [0.05, 0.1) is 11.7 Å². The summed E-state index contributed by atoms with van der Waals surface area (Å²) in [6.07, 6.45) is 5.65. The summed E-state index contributed by atoms with van der Waals surface area (Å²) in [7, 11) is 0. The van der Waals surface area contributed by atoms with Gasteiger partial charge in [0.25, 0.3) is 0 Å². The molecule has 0 fully saturated rings. The van der Waals surface area contributed by atoms with Crippen LogP contribution >= 0.6 is 15.9 Å². The van der Waals surface area contributed by atoms with Gasteiger partial charge in [-0.2, -0.15) is 0 Å². The molecule has 0 spiro atoms. The lowest BCUT2D eigenvalue weighted by atomic mass is 10.2. The SMILES string of the molecule is O=Cc1cnc2cncc(Br)c2c1. The van der Waals surface area contributed by atoms with E-state index in [0.717, 1.165) is 21.7 Å². The zero-order valence-corrected chi connectivity index (χ0v) is 8.15. The molecule has 64 valence electrons. The number of carbonyl (C=O) groups is 1. The number of halogens is 1. The van der Waals surface area contributed by atoms with Gasteiger partial charge in [-0.3, -0.25) is 14.8 Å². The highest BCUT2D eigenvalue weighted by Crippen LogP contribution is 2.20. The number of hydrogen-bond acceptors (Lipinski definition) is 3. The fraction of sp³-hybridized carbons (Fsp3) is 0. The van der Waals surface area contributed by atoms with Crippen molar-refractivity contribution in [3.8, 4) is 0 Å². The smallest absolute Gasteiger partial charge is 0.151 e. The second kappa shape index (κ2) is 3.22. The molecule has 0 aliphatic rings. The summed E-state index contributed by atoms with van der Waals surface area (Å²) in [4.78, 5) is 18.5. The van der Waals surface area contributed by atoms with Crippen molar-refractivity contribution in [2.75, 3.05) is 0 Å². The molecule has 2 aromatic heterocycles. The molecule has 2 aromatic rings. The summed E-state index contributed by atoms with van der Waals surface area (Å²) >= 11 is 3.34. The average Bonchev–Trinajstić information content (AvgIpc) is 2.18. The molecule has 0 saturated carbocycles. The Morgan fingerprint density at radius 1 is 1.31 bits per heavy atom. The molecule has 0 bridgehead atoms. The van der Waals surface area contributed by atoms with Crippen molar-refractivity contribution in [3.05, 3.63) is 34.7 Å². The second-order valence-corrected chi connectivity index (χ2v) is 3.43. The average molecular weight is 237 g/mol. The van der Waals surface area contributed by atoms with E-state index in [0.29, 0.717) is 5.56 Å². The van der Waals surface area contributed by atoms with E-state index < -0.39 is 0 Å². The number of aldehydes is 1. The Morgan fingerprint density at radius 3 is 2.92 bits per heavy atom. The molecule has 0 N–H and O–H groups in total. The maximum Gasteiger partial charge on any atom is 0.151 e. The van der Waals surface area contributed by atoms with Crippen LogP contribution in [0.25, 0.3) is 10.9 Å². The normalized spacial score (nSPS) is 10.2. The number of fused-ring (bicyclic) bond motifs is 1. The third kappa shape index (κ3) is 1.45. The lowest BCUT2D eigenvalue weighted by molar-refractivity contribution is 0.112. The van der Waals surface area contributed by atoms with Crippen LogP contribution in [-0.2, 0) is 0 Å². The Balaban J connectivity index is 2.81. The Morgan fingerprint density at radius 2 is 2.15 bits per heavy atom. The largest absolute Gasteiger partial charge is 0.298 e. The molecule has 0 radical (unpaired) electrons. The lowest BCUT2D eigenvalue weighted by Gasteiger charge is -1.98. The first-order valence-corrected chi connectivity index (χ1v) is 4.45. The topological polar surface area (TPSA) is 42.9 Å². The Bertz CT molecular complexity index is 470. The van der Waals surface area contributed by atoms with Gasteiger partial charge in [0.2, 0.25) is 0 Å². The van der Waals surface area contributed by atoms with Crippen LogP contribution in [0.2, 0.25) is 0 Å². The Kier molecular flexibility index (Phi) is 2.06. The van der Waals surface area contributed by atoms with Crippen LogP contribution in [0.3, 0.4) is 0 Å². The third-order valence-electron chi connectivity index (χ3n) is 1.72. The summed E-state index contributed by atoms with van der Waals surface area (Å²) in [5, 5.41) is 0.902. The van der Waals surface area contributed by atoms with E-state index in [1.54, 1.807) is 18.5 Å².